The highest BCUT2D eigenvalue weighted by Crippen LogP contribution is 2.84. The van der Waals surface area contributed by atoms with Crippen LogP contribution in [0, 0.1) is 35.5 Å². The molecule has 4 aliphatic rings. The van der Waals surface area contributed by atoms with Gasteiger partial charge in [-0.05, 0) is 41.9 Å². The maximum Gasteiger partial charge on any atom is 0.0638 e. The molecule has 0 amide bonds. The van der Waals surface area contributed by atoms with E-state index in [1.54, 1.807) is 6.42 Å². The van der Waals surface area contributed by atoms with E-state index in [1.165, 1.54) is 0 Å². The van der Waals surface area contributed by atoms with Crippen LogP contribution in [0.4, 0.5) is 0 Å². The van der Waals surface area contributed by atoms with Crippen molar-refractivity contribution >= 4 is 0 Å². The van der Waals surface area contributed by atoms with Crippen LogP contribution in [0.5, 0.6) is 0 Å². The molecule has 0 aromatic rings. The van der Waals surface area contributed by atoms with Gasteiger partial charge in [0.05, 0.1) is 6.10 Å². The normalized spacial score (nSPS) is 79.5. The molecule has 4 saturated carbocycles. The predicted molar refractivity (Wildman–Crippen MR) is 36.4 cm³/mol. The van der Waals surface area contributed by atoms with Crippen LogP contribution in [0.3, 0.4) is 0 Å². The van der Waals surface area contributed by atoms with Crippen molar-refractivity contribution in [2.45, 2.75) is 12.5 Å². The summed E-state index contributed by atoms with van der Waals surface area (Å²) in [5.74, 6) is 6.63. The standard InChI is InChI=1S/C9H12O/c1-10-9-7-3-2-4-6(5(3)7)8(4)9/h3-9H,2H2,1H3. The Morgan fingerprint density at radius 2 is 1.60 bits per heavy atom. The summed E-state index contributed by atoms with van der Waals surface area (Å²) in [6.07, 6.45) is 2.28. The summed E-state index contributed by atoms with van der Waals surface area (Å²) < 4.78 is 5.52. The lowest BCUT2D eigenvalue weighted by molar-refractivity contribution is 0.0507. The van der Waals surface area contributed by atoms with E-state index in [2.05, 4.69) is 0 Å². The molecule has 0 bridgehead atoms. The van der Waals surface area contributed by atoms with Gasteiger partial charge in [0.25, 0.3) is 0 Å². The molecule has 4 aliphatic carbocycles. The third-order valence-electron chi connectivity index (χ3n) is 4.60. The Bertz CT molecular complexity index is 193. The number of hydrogen-bond acceptors (Lipinski definition) is 1. The van der Waals surface area contributed by atoms with Gasteiger partial charge in [0.15, 0.2) is 0 Å². The van der Waals surface area contributed by atoms with Crippen LogP contribution in [-0.4, -0.2) is 13.2 Å². The van der Waals surface area contributed by atoms with Crippen molar-refractivity contribution in [2.24, 2.45) is 35.5 Å². The highest BCUT2D eigenvalue weighted by molar-refractivity contribution is 5.30. The number of rotatable bonds is 1. The maximum absolute atomic E-state index is 5.52. The van der Waals surface area contributed by atoms with Gasteiger partial charge in [0, 0.05) is 7.11 Å². The summed E-state index contributed by atoms with van der Waals surface area (Å²) in [6.45, 7) is 0. The second-order valence-electron chi connectivity index (χ2n) is 4.57. The molecule has 0 saturated heterocycles. The molecule has 0 spiro atoms. The minimum absolute atomic E-state index is 0.707. The molecular formula is C9H12O. The number of ether oxygens (including phenoxy) is 1. The van der Waals surface area contributed by atoms with E-state index in [0.717, 1.165) is 35.5 Å². The number of methoxy groups -OCH3 is 1. The lowest BCUT2D eigenvalue weighted by atomic mass is 9.98. The van der Waals surface area contributed by atoms with Gasteiger partial charge in [-0.25, -0.2) is 0 Å². The van der Waals surface area contributed by atoms with E-state index in [-0.39, 0.29) is 0 Å². The zero-order valence-corrected chi connectivity index (χ0v) is 6.16. The van der Waals surface area contributed by atoms with Gasteiger partial charge in [-0.1, -0.05) is 0 Å². The zero-order valence-electron chi connectivity index (χ0n) is 6.16. The summed E-state index contributed by atoms with van der Waals surface area (Å²) in [6, 6.07) is 0. The molecule has 4 rings (SSSR count). The lowest BCUT2D eigenvalue weighted by Crippen LogP contribution is -2.20. The first-order chi connectivity index (χ1) is 4.93. The van der Waals surface area contributed by atoms with Gasteiger partial charge in [0.2, 0.25) is 0 Å². The largest absolute Gasteiger partial charge is 0.381 e. The Morgan fingerprint density at radius 3 is 1.90 bits per heavy atom. The molecule has 0 radical (unpaired) electrons. The van der Waals surface area contributed by atoms with Crippen molar-refractivity contribution in [1.29, 1.82) is 0 Å². The summed E-state index contributed by atoms with van der Waals surface area (Å²) >= 11 is 0. The highest BCUT2D eigenvalue weighted by Gasteiger charge is 2.83. The van der Waals surface area contributed by atoms with E-state index in [1.807, 2.05) is 7.11 Å². The van der Waals surface area contributed by atoms with E-state index in [9.17, 15) is 0 Å². The molecule has 6 atom stereocenters. The van der Waals surface area contributed by atoms with Crippen LogP contribution < -0.4 is 0 Å². The Morgan fingerprint density at radius 1 is 1.00 bits per heavy atom. The third-order valence-corrected chi connectivity index (χ3v) is 4.60. The molecule has 1 nitrogen and oxygen atoms in total. The first-order valence-corrected chi connectivity index (χ1v) is 4.46. The smallest absolute Gasteiger partial charge is 0.0638 e. The Kier molecular flexibility index (Phi) is 0.513. The van der Waals surface area contributed by atoms with Gasteiger partial charge in [-0.3, -0.25) is 0 Å². The molecule has 10 heavy (non-hydrogen) atoms. The second kappa shape index (κ2) is 1.08. The van der Waals surface area contributed by atoms with Gasteiger partial charge in [0.1, 0.15) is 0 Å². The monoisotopic (exact) mass is 136 g/mol. The van der Waals surface area contributed by atoms with Crippen molar-refractivity contribution in [1.82, 2.24) is 0 Å². The highest BCUT2D eigenvalue weighted by atomic mass is 16.5. The van der Waals surface area contributed by atoms with E-state index >= 15 is 0 Å². The number of fused-ring (bicyclic) bond motifs is 2. The number of hydrogen-bond donors (Lipinski definition) is 0. The SMILES string of the molecule is COC1C2C3CC4C1C4C32. The van der Waals surface area contributed by atoms with Gasteiger partial charge < -0.3 is 4.74 Å². The molecule has 6 unspecified atom stereocenters. The van der Waals surface area contributed by atoms with E-state index in [4.69, 9.17) is 4.74 Å². The first kappa shape index (κ1) is 4.76. The molecule has 0 aliphatic heterocycles. The predicted octanol–water partition coefficient (Wildman–Crippen LogP) is 1.14. The summed E-state index contributed by atoms with van der Waals surface area (Å²) in [5, 5.41) is 0. The fraction of sp³-hybridized carbons (Fsp3) is 1.00. The second-order valence-corrected chi connectivity index (χ2v) is 4.57. The van der Waals surface area contributed by atoms with Crippen molar-refractivity contribution in [2.75, 3.05) is 7.11 Å². The molecule has 0 aromatic heterocycles. The van der Waals surface area contributed by atoms with Gasteiger partial charge in [-0.2, -0.15) is 0 Å². The van der Waals surface area contributed by atoms with Crippen LogP contribution in [-0.2, 0) is 4.74 Å². The van der Waals surface area contributed by atoms with Crippen LogP contribution in [0.15, 0.2) is 0 Å². The fourth-order valence-corrected chi connectivity index (χ4v) is 4.38. The summed E-state index contributed by atoms with van der Waals surface area (Å²) in [7, 11) is 1.90. The summed E-state index contributed by atoms with van der Waals surface area (Å²) in [4.78, 5) is 0. The Balaban J connectivity index is 1.82. The molecule has 4 fully saturated rings. The average molecular weight is 136 g/mol. The van der Waals surface area contributed by atoms with Crippen molar-refractivity contribution in [3.63, 3.8) is 0 Å². The molecule has 54 valence electrons. The van der Waals surface area contributed by atoms with Crippen LogP contribution in [0.25, 0.3) is 0 Å². The Labute approximate surface area is 60.7 Å². The quantitative estimate of drug-likeness (QED) is 0.525. The fourth-order valence-electron chi connectivity index (χ4n) is 4.38. The zero-order chi connectivity index (χ0) is 6.46. The topological polar surface area (TPSA) is 9.23 Å². The summed E-state index contributed by atoms with van der Waals surface area (Å²) in [5.41, 5.74) is 0. The molecule has 0 N–H and O–H groups in total. The third kappa shape index (κ3) is 0.268. The van der Waals surface area contributed by atoms with E-state index < -0.39 is 0 Å². The van der Waals surface area contributed by atoms with Crippen molar-refractivity contribution < 1.29 is 4.74 Å². The Hall–Kier alpha value is -0.0400. The maximum atomic E-state index is 5.52. The molecular weight excluding hydrogens is 124 g/mol. The molecule has 1 heteroatoms. The van der Waals surface area contributed by atoms with Crippen molar-refractivity contribution in [3.8, 4) is 0 Å². The van der Waals surface area contributed by atoms with Gasteiger partial charge in [-0.15, -0.1) is 0 Å². The van der Waals surface area contributed by atoms with Gasteiger partial charge >= 0.3 is 0 Å². The van der Waals surface area contributed by atoms with Crippen LogP contribution in [0.1, 0.15) is 6.42 Å². The van der Waals surface area contributed by atoms with Crippen molar-refractivity contribution in [3.05, 3.63) is 0 Å². The first-order valence-electron chi connectivity index (χ1n) is 4.46. The lowest BCUT2D eigenvalue weighted by Gasteiger charge is -2.18. The van der Waals surface area contributed by atoms with E-state index in [0.29, 0.717) is 6.10 Å². The molecule has 0 heterocycles. The average Bonchev–Trinajstić information content (AvgIpc) is 2.77. The van der Waals surface area contributed by atoms with Crippen LogP contribution in [0.2, 0.25) is 0 Å². The minimum atomic E-state index is 0.707. The molecule has 0 aromatic carbocycles. The van der Waals surface area contributed by atoms with Crippen LogP contribution >= 0.6 is 0 Å². The minimum Gasteiger partial charge on any atom is -0.381 e.